The molecule has 0 aliphatic carbocycles. The summed E-state index contributed by atoms with van der Waals surface area (Å²) in [6.07, 6.45) is 2.57. The van der Waals surface area contributed by atoms with Crippen LogP contribution in [-0.4, -0.2) is 43.5 Å². The monoisotopic (exact) mass is 305 g/mol. The summed E-state index contributed by atoms with van der Waals surface area (Å²) >= 11 is 0. The number of carbonyl (C=O) groups is 1. The predicted molar refractivity (Wildman–Crippen MR) is 82.1 cm³/mol. The van der Waals surface area contributed by atoms with Crippen molar-refractivity contribution in [2.45, 2.75) is 32.3 Å². The molecule has 0 saturated carbocycles. The number of aliphatic hydroxyl groups excluding tert-OH is 1. The van der Waals surface area contributed by atoms with Crippen molar-refractivity contribution in [3.8, 4) is 5.75 Å². The zero-order valence-corrected chi connectivity index (χ0v) is 12.9. The van der Waals surface area contributed by atoms with Crippen LogP contribution in [0.2, 0.25) is 0 Å². The topological polar surface area (TPSA) is 67.8 Å². The maximum Gasteiger partial charge on any atom is 0.251 e. The van der Waals surface area contributed by atoms with Crippen molar-refractivity contribution >= 4 is 5.91 Å². The quantitative estimate of drug-likeness (QED) is 0.885. The number of amides is 1. The SMILES string of the molecule is CC1Cc2cc(C(=O)NCC3(CO)CCOCC3)ccc2O1. The Balaban J connectivity index is 1.64. The normalized spacial score (nSPS) is 22.7. The number of hydrogen-bond acceptors (Lipinski definition) is 4. The minimum Gasteiger partial charge on any atom is -0.490 e. The van der Waals surface area contributed by atoms with Crippen molar-refractivity contribution in [3.63, 3.8) is 0 Å². The van der Waals surface area contributed by atoms with Gasteiger partial charge in [-0.05, 0) is 43.5 Å². The van der Waals surface area contributed by atoms with Crippen molar-refractivity contribution in [1.82, 2.24) is 5.32 Å². The number of ether oxygens (including phenoxy) is 2. The summed E-state index contributed by atoms with van der Waals surface area (Å²) in [7, 11) is 0. The van der Waals surface area contributed by atoms with Gasteiger partial charge >= 0.3 is 0 Å². The number of aliphatic hydroxyl groups is 1. The highest BCUT2D eigenvalue weighted by atomic mass is 16.5. The third-order valence-electron chi connectivity index (χ3n) is 4.67. The molecule has 22 heavy (non-hydrogen) atoms. The zero-order chi connectivity index (χ0) is 15.6. The molecular formula is C17H23NO4. The van der Waals surface area contributed by atoms with E-state index in [2.05, 4.69) is 5.32 Å². The molecule has 5 nitrogen and oxygen atoms in total. The van der Waals surface area contributed by atoms with Crippen molar-refractivity contribution in [1.29, 1.82) is 0 Å². The molecule has 2 N–H and O–H groups in total. The average Bonchev–Trinajstić information content (AvgIpc) is 2.92. The lowest BCUT2D eigenvalue weighted by atomic mass is 9.81. The molecule has 1 aromatic rings. The Kier molecular flexibility index (Phi) is 4.36. The van der Waals surface area contributed by atoms with Crippen molar-refractivity contribution in [3.05, 3.63) is 29.3 Å². The van der Waals surface area contributed by atoms with Crippen molar-refractivity contribution in [2.24, 2.45) is 5.41 Å². The Hall–Kier alpha value is -1.59. The van der Waals surface area contributed by atoms with E-state index in [1.807, 2.05) is 19.1 Å². The summed E-state index contributed by atoms with van der Waals surface area (Å²) < 4.78 is 11.0. The molecule has 0 spiro atoms. The Morgan fingerprint density at radius 1 is 1.41 bits per heavy atom. The molecule has 2 heterocycles. The second kappa shape index (κ2) is 6.26. The molecule has 0 bridgehead atoms. The standard InChI is InChI=1S/C17H23NO4/c1-12-8-14-9-13(2-3-15(14)22-12)16(20)18-10-17(11-19)4-6-21-7-5-17/h2-3,9,12,19H,4-8,10-11H2,1H3,(H,18,20). The molecule has 2 aliphatic rings. The molecule has 1 fully saturated rings. The second-order valence-corrected chi connectivity index (χ2v) is 6.41. The third kappa shape index (κ3) is 3.10. The summed E-state index contributed by atoms with van der Waals surface area (Å²) in [6.45, 7) is 3.87. The van der Waals surface area contributed by atoms with Crippen molar-refractivity contribution < 1.29 is 19.4 Å². The minimum absolute atomic E-state index is 0.0756. The Bertz CT molecular complexity index is 552. The maximum atomic E-state index is 12.4. The van der Waals surface area contributed by atoms with Crippen LogP contribution in [0.4, 0.5) is 0 Å². The first-order chi connectivity index (χ1) is 10.6. The molecule has 2 aliphatic heterocycles. The van der Waals surface area contributed by atoms with E-state index in [1.54, 1.807) is 6.07 Å². The fourth-order valence-electron chi connectivity index (χ4n) is 3.13. The van der Waals surface area contributed by atoms with Crippen LogP contribution < -0.4 is 10.1 Å². The van der Waals surface area contributed by atoms with E-state index in [-0.39, 0.29) is 24.0 Å². The van der Waals surface area contributed by atoms with Gasteiger partial charge in [-0.3, -0.25) is 4.79 Å². The summed E-state index contributed by atoms with van der Waals surface area (Å²) in [6, 6.07) is 5.57. The summed E-state index contributed by atoms with van der Waals surface area (Å²) in [5.74, 6) is 0.780. The van der Waals surface area contributed by atoms with Crippen LogP contribution >= 0.6 is 0 Å². The molecule has 1 amide bonds. The Labute approximate surface area is 130 Å². The lowest BCUT2D eigenvalue weighted by Gasteiger charge is -2.35. The summed E-state index contributed by atoms with van der Waals surface area (Å²) in [5, 5.41) is 12.6. The fraction of sp³-hybridized carbons (Fsp3) is 0.588. The third-order valence-corrected chi connectivity index (χ3v) is 4.67. The van der Waals surface area contributed by atoms with Crippen LogP contribution in [0.25, 0.3) is 0 Å². The molecule has 1 aromatic carbocycles. The van der Waals surface area contributed by atoms with Crippen molar-refractivity contribution in [2.75, 3.05) is 26.4 Å². The van der Waals surface area contributed by atoms with Crippen LogP contribution in [-0.2, 0) is 11.2 Å². The van der Waals surface area contributed by atoms with Gasteiger partial charge in [0.25, 0.3) is 5.91 Å². The maximum absolute atomic E-state index is 12.4. The molecule has 3 rings (SSSR count). The first kappa shape index (κ1) is 15.3. The van der Waals surface area contributed by atoms with Gasteiger partial charge < -0.3 is 19.9 Å². The van der Waals surface area contributed by atoms with E-state index in [4.69, 9.17) is 9.47 Å². The van der Waals surface area contributed by atoms with Gasteiger partial charge in [0.05, 0.1) is 6.61 Å². The minimum atomic E-state index is -0.248. The van der Waals surface area contributed by atoms with E-state index < -0.39 is 0 Å². The number of fused-ring (bicyclic) bond motifs is 1. The van der Waals surface area contributed by atoms with Crippen LogP contribution in [0.1, 0.15) is 35.7 Å². The lowest BCUT2D eigenvalue weighted by molar-refractivity contribution is -0.0146. The van der Waals surface area contributed by atoms with E-state index in [9.17, 15) is 9.90 Å². The number of carbonyl (C=O) groups excluding carboxylic acids is 1. The van der Waals surface area contributed by atoms with E-state index in [1.165, 1.54) is 0 Å². The van der Waals surface area contributed by atoms with E-state index in [0.29, 0.717) is 25.3 Å². The smallest absolute Gasteiger partial charge is 0.251 e. The zero-order valence-electron chi connectivity index (χ0n) is 12.9. The molecular weight excluding hydrogens is 282 g/mol. The van der Waals surface area contributed by atoms with E-state index >= 15 is 0 Å². The largest absolute Gasteiger partial charge is 0.490 e. The van der Waals surface area contributed by atoms with Gasteiger partial charge in [0, 0.05) is 37.2 Å². The Morgan fingerprint density at radius 3 is 2.91 bits per heavy atom. The average molecular weight is 305 g/mol. The molecule has 0 radical (unpaired) electrons. The molecule has 1 unspecified atom stereocenters. The first-order valence-electron chi connectivity index (χ1n) is 7.88. The van der Waals surface area contributed by atoms with Crippen LogP contribution in [0.15, 0.2) is 18.2 Å². The molecule has 0 aromatic heterocycles. The number of rotatable bonds is 4. The second-order valence-electron chi connectivity index (χ2n) is 6.41. The molecule has 1 saturated heterocycles. The first-order valence-corrected chi connectivity index (χ1v) is 7.88. The van der Waals surface area contributed by atoms with Gasteiger partial charge in [-0.25, -0.2) is 0 Å². The summed E-state index contributed by atoms with van der Waals surface area (Å²) in [5.41, 5.74) is 1.49. The van der Waals surface area contributed by atoms with Gasteiger partial charge in [0.1, 0.15) is 11.9 Å². The number of nitrogens with one attached hydrogen (secondary N) is 1. The predicted octanol–water partition coefficient (Wildman–Crippen LogP) is 1.53. The highest BCUT2D eigenvalue weighted by Crippen LogP contribution is 2.30. The molecule has 5 heteroatoms. The van der Waals surface area contributed by atoms with Crippen LogP contribution in [0.5, 0.6) is 5.75 Å². The van der Waals surface area contributed by atoms with Crippen LogP contribution in [0, 0.1) is 5.41 Å². The van der Waals surface area contributed by atoms with Gasteiger partial charge in [0.2, 0.25) is 0 Å². The highest BCUT2D eigenvalue weighted by Gasteiger charge is 2.32. The van der Waals surface area contributed by atoms with Gasteiger partial charge in [-0.15, -0.1) is 0 Å². The van der Waals surface area contributed by atoms with Gasteiger partial charge in [-0.1, -0.05) is 0 Å². The number of hydrogen-bond donors (Lipinski definition) is 2. The molecule has 1 atom stereocenters. The van der Waals surface area contributed by atoms with Crippen LogP contribution in [0.3, 0.4) is 0 Å². The lowest BCUT2D eigenvalue weighted by Crippen LogP contribution is -2.43. The molecule has 120 valence electrons. The fourth-order valence-corrected chi connectivity index (χ4v) is 3.13. The van der Waals surface area contributed by atoms with Gasteiger partial charge in [0.15, 0.2) is 0 Å². The van der Waals surface area contributed by atoms with E-state index in [0.717, 1.165) is 30.6 Å². The van der Waals surface area contributed by atoms with Gasteiger partial charge in [-0.2, -0.15) is 0 Å². The number of benzene rings is 1. The summed E-state index contributed by atoms with van der Waals surface area (Å²) in [4.78, 5) is 12.4. The Morgan fingerprint density at radius 2 is 2.18 bits per heavy atom. The highest BCUT2D eigenvalue weighted by molar-refractivity contribution is 5.94.